The summed E-state index contributed by atoms with van der Waals surface area (Å²) in [6, 6.07) is 18.4. The van der Waals surface area contributed by atoms with Crippen LogP contribution in [0.5, 0.6) is 5.75 Å². The zero-order valence-corrected chi connectivity index (χ0v) is 22.4. The fraction of sp³-hybridized carbons (Fsp3) is 0.323. The van der Waals surface area contributed by atoms with Crippen molar-refractivity contribution >= 4 is 23.7 Å². The van der Waals surface area contributed by atoms with Gasteiger partial charge >= 0.3 is 12.1 Å². The first-order valence-corrected chi connectivity index (χ1v) is 12.9. The monoisotopic (exact) mass is 515 g/mol. The van der Waals surface area contributed by atoms with Crippen molar-refractivity contribution in [2.45, 2.75) is 59.0 Å². The molecule has 198 valence electrons. The highest BCUT2D eigenvalue weighted by molar-refractivity contribution is 6.01. The average Bonchev–Trinajstić information content (AvgIpc) is 3.05. The molecule has 0 bridgehead atoms. The van der Waals surface area contributed by atoms with Gasteiger partial charge in [0, 0.05) is 11.3 Å². The maximum absolute atomic E-state index is 14.2. The van der Waals surface area contributed by atoms with Gasteiger partial charge in [0.25, 0.3) is 0 Å². The van der Waals surface area contributed by atoms with Crippen molar-refractivity contribution in [3.63, 3.8) is 0 Å². The lowest BCUT2D eigenvalue weighted by Crippen LogP contribution is -2.24. The second-order valence-corrected chi connectivity index (χ2v) is 9.86. The molecule has 0 aliphatic carbocycles. The summed E-state index contributed by atoms with van der Waals surface area (Å²) in [5.74, 6) is -0.990. The van der Waals surface area contributed by atoms with Gasteiger partial charge in [-0.05, 0) is 59.2 Å². The van der Waals surface area contributed by atoms with Crippen LogP contribution in [0.3, 0.4) is 0 Å². The molecular formula is C31H33NO6. The molecule has 1 aliphatic heterocycles. The number of fused-ring (bicyclic) bond motifs is 2. The van der Waals surface area contributed by atoms with Gasteiger partial charge in [0.15, 0.2) is 0 Å². The quantitative estimate of drug-likeness (QED) is 0.283. The zero-order valence-electron chi connectivity index (χ0n) is 22.4. The molecule has 1 heterocycles. The Morgan fingerprint density at radius 3 is 2.26 bits per heavy atom. The van der Waals surface area contributed by atoms with Gasteiger partial charge in [-0.2, -0.15) is 0 Å². The molecule has 3 aromatic rings. The minimum atomic E-state index is -1.07. The van der Waals surface area contributed by atoms with Crippen LogP contribution in [0.25, 0.3) is 0 Å². The summed E-state index contributed by atoms with van der Waals surface area (Å²) in [6.07, 6.45) is -1.07. The van der Waals surface area contributed by atoms with E-state index in [-0.39, 0.29) is 36.5 Å². The summed E-state index contributed by atoms with van der Waals surface area (Å²) in [5, 5.41) is 3.23. The number of ether oxygens (including phenoxy) is 3. The second-order valence-electron chi connectivity index (χ2n) is 9.86. The number of carbonyl (C=O) groups is 3. The Balaban J connectivity index is 1.80. The van der Waals surface area contributed by atoms with Crippen molar-refractivity contribution < 1.29 is 28.6 Å². The van der Waals surface area contributed by atoms with E-state index < -0.39 is 18.0 Å². The van der Waals surface area contributed by atoms with Crippen molar-refractivity contribution in [1.82, 2.24) is 0 Å². The molecule has 1 unspecified atom stereocenters. The normalized spacial score (nSPS) is 14.1. The maximum atomic E-state index is 14.2. The minimum absolute atomic E-state index is 0.0827. The van der Waals surface area contributed by atoms with Crippen molar-refractivity contribution in [3.05, 3.63) is 94.0 Å². The summed E-state index contributed by atoms with van der Waals surface area (Å²) >= 11 is 0. The first kappa shape index (κ1) is 26.9. The van der Waals surface area contributed by atoms with E-state index in [9.17, 15) is 14.4 Å². The molecule has 7 heteroatoms. The van der Waals surface area contributed by atoms with Crippen LogP contribution >= 0.6 is 0 Å². The molecule has 0 radical (unpaired) electrons. The van der Waals surface area contributed by atoms with Crippen LogP contribution in [0.1, 0.15) is 90.5 Å². The van der Waals surface area contributed by atoms with E-state index in [0.717, 1.165) is 27.9 Å². The lowest BCUT2D eigenvalue weighted by molar-refractivity contribution is -0.116. The molecule has 3 aromatic carbocycles. The molecule has 0 aromatic heterocycles. The number of nitrogens with one attached hydrogen (secondary N) is 1. The Hall–Kier alpha value is -4.13. The number of para-hydroxylation sites is 1. The molecule has 38 heavy (non-hydrogen) atoms. The smallest absolute Gasteiger partial charge is 0.489 e. The molecule has 1 aliphatic rings. The topological polar surface area (TPSA) is 90.9 Å². The molecule has 1 amide bonds. The van der Waals surface area contributed by atoms with Gasteiger partial charge in [0.2, 0.25) is 5.91 Å². The lowest BCUT2D eigenvalue weighted by Gasteiger charge is -2.24. The largest absolute Gasteiger partial charge is 0.516 e. The third kappa shape index (κ3) is 5.57. The third-order valence-electron chi connectivity index (χ3n) is 6.63. The number of hydrogen-bond donors (Lipinski definition) is 1. The fourth-order valence-electron chi connectivity index (χ4n) is 4.76. The second kappa shape index (κ2) is 11.5. The number of hydrogen-bond acceptors (Lipinski definition) is 6. The van der Waals surface area contributed by atoms with E-state index in [1.807, 2.05) is 42.5 Å². The van der Waals surface area contributed by atoms with Crippen molar-refractivity contribution in [3.8, 4) is 5.75 Å². The van der Waals surface area contributed by atoms with Gasteiger partial charge in [-0.1, -0.05) is 70.2 Å². The van der Waals surface area contributed by atoms with Gasteiger partial charge in [-0.3, -0.25) is 4.79 Å². The first-order valence-electron chi connectivity index (χ1n) is 12.9. The number of anilines is 1. The Morgan fingerprint density at radius 1 is 0.921 bits per heavy atom. The van der Waals surface area contributed by atoms with E-state index in [0.29, 0.717) is 11.3 Å². The van der Waals surface area contributed by atoms with Gasteiger partial charge in [0.05, 0.1) is 18.1 Å². The molecular weight excluding hydrogens is 482 g/mol. The van der Waals surface area contributed by atoms with Crippen LogP contribution in [-0.4, -0.2) is 24.6 Å². The Bertz CT molecular complexity index is 1330. The van der Waals surface area contributed by atoms with Crippen LogP contribution < -0.4 is 10.1 Å². The maximum Gasteiger partial charge on any atom is 0.516 e. The molecule has 7 nitrogen and oxygen atoms in total. The molecule has 0 saturated heterocycles. The van der Waals surface area contributed by atoms with E-state index in [1.165, 1.54) is 6.07 Å². The Morgan fingerprint density at radius 2 is 1.61 bits per heavy atom. The van der Waals surface area contributed by atoms with E-state index in [1.54, 1.807) is 19.1 Å². The molecule has 1 N–H and O–H groups in total. The average molecular weight is 516 g/mol. The Kier molecular flexibility index (Phi) is 8.15. The summed E-state index contributed by atoms with van der Waals surface area (Å²) < 4.78 is 15.6. The van der Waals surface area contributed by atoms with Gasteiger partial charge in [0.1, 0.15) is 12.4 Å². The molecule has 0 saturated carbocycles. The highest BCUT2D eigenvalue weighted by Crippen LogP contribution is 2.40. The third-order valence-corrected chi connectivity index (χ3v) is 6.63. The van der Waals surface area contributed by atoms with Crippen LogP contribution in [0.15, 0.2) is 60.7 Å². The highest BCUT2D eigenvalue weighted by atomic mass is 16.7. The van der Waals surface area contributed by atoms with Gasteiger partial charge in [-0.15, -0.1) is 0 Å². The molecule has 0 spiro atoms. The Labute approximate surface area is 223 Å². The summed E-state index contributed by atoms with van der Waals surface area (Å²) in [7, 11) is 0. The van der Waals surface area contributed by atoms with Gasteiger partial charge in [-0.25, -0.2) is 9.59 Å². The molecule has 0 fully saturated rings. The van der Waals surface area contributed by atoms with Crippen molar-refractivity contribution in [2.75, 3.05) is 11.9 Å². The molecule has 4 rings (SSSR count). The van der Waals surface area contributed by atoms with Crippen molar-refractivity contribution in [1.29, 1.82) is 0 Å². The number of amides is 1. The SMILES string of the molecule is CCOC(=O)OC(=O)c1ccc2c(c1)C(C(=O)Nc1c(C(C)C)cccc1C(C)C)c1ccccc1CO2. The summed E-state index contributed by atoms with van der Waals surface area (Å²) in [5.41, 5.74) is 5.20. The summed E-state index contributed by atoms with van der Waals surface area (Å²) in [4.78, 5) is 38.6. The first-order chi connectivity index (χ1) is 18.2. The predicted octanol–water partition coefficient (Wildman–Crippen LogP) is 6.91. The van der Waals surface area contributed by atoms with Crippen LogP contribution in [0.4, 0.5) is 10.5 Å². The zero-order chi connectivity index (χ0) is 27.4. The van der Waals surface area contributed by atoms with E-state index in [2.05, 4.69) is 33.0 Å². The number of carbonyl (C=O) groups excluding carboxylic acids is 3. The highest BCUT2D eigenvalue weighted by Gasteiger charge is 2.32. The predicted molar refractivity (Wildman–Crippen MR) is 145 cm³/mol. The van der Waals surface area contributed by atoms with E-state index >= 15 is 0 Å². The lowest BCUT2D eigenvalue weighted by atomic mass is 9.86. The van der Waals surface area contributed by atoms with Crippen LogP contribution in [-0.2, 0) is 20.9 Å². The number of esters is 1. The number of benzene rings is 3. The standard InChI is InChI=1S/C31H33NO6/c1-6-36-31(35)38-30(34)20-14-15-26-25(16-20)27(24-11-8-7-10-21(24)17-37-26)29(33)32-28-22(18(2)3)12-9-13-23(28)19(4)5/h7-16,18-19,27H,6,17H2,1-5H3,(H,32,33). The van der Waals surface area contributed by atoms with Crippen LogP contribution in [0.2, 0.25) is 0 Å². The van der Waals surface area contributed by atoms with Crippen LogP contribution in [0, 0.1) is 0 Å². The number of rotatable bonds is 6. The van der Waals surface area contributed by atoms with E-state index in [4.69, 9.17) is 14.2 Å². The fourth-order valence-corrected chi connectivity index (χ4v) is 4.76. The minimum Gasteiger partial charge on any atom is -0.489 e. The van der Waals surface area contributed by atoms with Crippen molar-refractivity contribution in [2.24, 2.45) is 0 Å². The van der Waals surface area contributed by atoms with Gasteiger partial charge < -0.3 is 19.5 Å². The molecule has 1 atom stereocenters. The summed E-state index contributed by atoms with van der Waals surface area (Å²) in [6.45, 7) is 10.4.